The third-order valence-corrected chi connectivity index (χ3v) is 1.93. The molecule has 0 saturated carbocycles. The van der Waals surface area contributed by atoms with Gasteiger partial charge in [-0.1, -0.05) is 36.9 Å². The van der Waals surface area contributed by atoms with E-state index >= 15 is 0 Å². The van der Waals surface area contributed by atoms with Crippen LogP contribution in [0, 0.1) is 0 Å². The molecular formula is C12H15NO3. The van der Waals surface area contributed by atoms with Crippen LogP contribution >= 0.6 is 0 Å². The number of carbonyl (C=O) groups excluding carboxylic acids is 1. The molecule has 1 atom stereocenters. The Balaban J connectivity index is 2.33. The molecule has 86 valence electrons. The van der Waals surface area contributed by atoms with Gasteiger partial charge in [0.1, 0.15) is 6.61 Å². The smallest absolute Gasteiger partial charge is 0.409 e. The van der Waals surface area contributed by atoms with Gasteiger partial charge >= 0.3 is 6.09 Å². The summed E-state index contributed by atoms with van der Waals surface area (Å²) >= 11 is 0. The molecule has 1 aromatic rings. The highest BCUT2D eigenvalue weighted by Crippen LogP contribution is 2.01. The summed E-state index contributed by atoms with van der Waals surface area (Å²) < 4.78 is 4.90. The van der Waals surface area contributed by atoms with Crippen LogP contribution in [-0.4, -0.2) is 17.4 Å². The van der Waals surface area contributed by atoms with Gasteiger partial charge in [-0.05, 0) is 18.1 Å². The van der Waals surface area contributed by atoms with Gasteiger partial charge in [-0.2, -0.15) is 0 Å². The molecule has 0 aliphatic carbocycles. The SMILES string of the molecule is C=C(C)[C@@H](O)NC(=O)OCc1ccccc1. The Morgan fingerprint density at radius 1 is 1.50 bits per heavy atom. The van der Waals surface area contributed by atoms with Crippen LogP contribution in [0.15, 0.2) is 42.5 Å². The number of hydrogen-bond acceptors (Lipinski definition) is 3. The summed E-state index contributed by atoms with van der Waals surface area (Å²) in [6.45, 7) is 5.30. The molecule has 0 saturated heterocycles. The van der Waals surface area contributed by atoms with Gasteiger partial charge in [0.2, 0.25) is 0 Å². The van der Waals surface area contributed by atoms with Crippen molar-refractivity contribution in [2.45, 2.75) is 19.8 Å². The first-order valence-electron chi connectivity index (χ1n) is 4.90. The second-order valence-electron chi connectivity index (χ2n) is 3.45. The van der Waals surface area contributed by atoms with E-state index in [-0.39, 0.29) is 6.61 Å². The van der Waals surface area contributed by atoms with E-state index in [1.54, 1.807) is 6.92 Å². The van der Waals surface area contributed by atoms with Crippen molar-refractivity contribution in [1.29, 1.82) is 0 Å². The lowest BCUT2D eigenvalue weighted by molar-refractivity contribution is 0.108. The molecule has 0 unspecified atom stereocenters. The molecule has 0 aromatic heterocycles. The van der Waals surface area contributed by atoms with Crippen LogP contribution < -0.4 is 5.32 Å². The zero-order chi connectivity index (χ0) is 12.0. The van der Waals surface area contributed by atoms with Crippen molar-refractivity contribution in [3.05, 3.63) is 48.0 Å². The fraction of sp³-hybridized carbons (Fsp3) is 0.250. The molecule has 4 heteroatoms. The highest BCUT2D eigenvalue weighted by atomic mass is 16.6. The van der Waals surface area contributed by atoms with Crippen LogP contribution in [0.25, 0.3) is 0 Å². The second kappa shape index (κ2) is 5.92. The normalized spacial score (nSPS) is 11.6. The van der Waals surface area contributed by atoms with Crippen LogP contribution in [0.5, 0.6) is 0 Å². The van der Waals surface area contributed by atoms with E-state index in [1.807, 2.05) is 30.3 Å². The number of aliphatic hydroxyl groups excluding tert-OH is 1. The van der Waals surface area contributed by atoms with Crippen LogP contribution in [0.1, 0.15) is 12.5 Å². The zero-order valence-electron chi connectivity index (χ0n) is 9.14. The highest BCUT2D eigenvalue weighted by Gasteiger charge is 2.09. The van der Waals surface area contributed by atoms with Crippen LogP contribution in [0.3, 0.4) is 0 Å². The summed E-state index contributed by atoms with van der Waals surface area (Å²) in [5.74, 6) is 0. The minimum atomic E-state index is -1.07. The van der Waals surface area contributed by atoms with Crippen molar-refractivity contribution in [3.63, 3.8) is 0 Å². The van der Waals surface area contributed by atoms with Crippen molar-refractivity contribution in [2.24, 2.45) is 0 Å². The summed E-state index contributed by atoms with van der Waals surface area (Å²) in [5.41, 5.74) is 1.35. The Morgan fingerprint density at radius 2 is 2.12 bits per heavy atom. The van der Waals surface area contributed by atoms with Crippen molar-refractivity contribution in [1.82, 2.24) is 5.32 Å². The van der Waals surface area contributed by atoms with Gasteiger partial charge in [0.15, 0.2) is 6.23 Å². The lowest BCUT2D eigenvalue weighted by Gasteiger charge is -2.12. The lowest BCUT2D eigenvalue weighted by Crippen LogP contribution is -2.35. The van der Waals surface area contributed by atoms with Gasteiger partial charge in [0.25, 0.3) is 0 Å². The standard InChI is InChI=1S/C12H15NO3/c1-9(2)11(14)13-12(15)16-8-10-6-4-3-5-7-10/h3-7,11,14H,1,8H2,2H3,(H,13,15)/t11-/m1/s1. The summed E-state index contributed by atoms with van der Waals surface area (Å²) in [6, 6.07) is 9.30. The minimum absolute atomic E-state index is 0.176. The van der Waals surface area contributed by atoms with Gasteiger partial charge in [-0.15, -0.1) is 0 Å². The third kappa shape index (κ3) is 4.14. The van der Waals surface area contributed by atoms with E-state index < -0.39 is 12.3 Å². The van der Waals surface area contributed by atoms with Crippen molar-refractivity contribution in [2.75, 3.05) is 0 Å². The first-order valence-corrected chi connectivity index (χ1v) is 4.90. The van der Waals surface area contributed by atoms with E-state index in [0.29, 0.717) is 5.57 Å². The first-order chi connectivity index (χ1) is 7.59. The van der Waals surface area contributed by atoms with E-state index in [1.165, 1.54) is 0 Å². The number of alkyl carbamates (subject to hydrolysis) is 1. The largest absolute Gasteiger partial charge is 0.445 e. The predicted molar refractivity (Wildman–Crippen MR) is 60.6 cm³/mol. The number of nitrogens with one attached hydrogen (secondary N) is 1. The maximum Gasteiger partial charge on any atom is 0.409 e. The second-order valence-corrected chi connectivity index (χ2v) is 3.45. The Hall–Kier alpha value is -1.81. The maximum atomic E-state index is 11.2. The molecule has 0 bridgehead atoms. The van der Waals surface area contributed by atoms with Crippen molar-refractivity contribution < 1.29 is 14.6 Å². The molecule has 0 aliphatic heterocycles. The van der Waals surface area contributed by atoms with Gasteiger partial charge in [0, 0.05) is 0 Å². The fourth-order valence-electron chi connectivity index (χ4n) is 1.000. The molecule has 0 aliphatic rings. The molecule has 0 radical (unpaired) electrons. The molecule has 16 heavy (non-hydrogen) atoms. The fourth-order valence-corrected chi connectivity index (χ4v) is 1.000. The Morgan fingerprint density at radius 3 is 2.69 bits per heavy atom. The monoisotopic (exact) mass is 221 g/mol. The number of hydrogen-bond donors (Lipinski definition) is 2. The third-order valence-electron chi connectivity index (χ3n) is 1.93. The Kier molecular flexibility index (Phi) is 4.54. The summed E-state index contributed by atoms with van der Waals surface area (Å²) in [4.78, 5) is 11.2. The number of benzene rings is 1. The van der Waals surface area contributed by atoms with Crippen molar-refractivity contribution >= 4 is 6.09 Å². The molecule has 0 spiro atoms. The number of ether oxygens (including phenoxy) is 1. The van der Waals surface area contributed by atoms with Gasteiger partial charge < -0.3 is 9.84 Å². The molecule has 0 fully saturated rings. The van der Waals surface area contributed by atoms with Crippen LogP contribution in [0.4, 0.5) is 4.79 Å². The van der Waals surface area contributed by atoms with Gasteiger partial charge in [-0.25, -0.2) is 4.79 Å². The van der Waals surface area contributed by atoms with E-state index in [0.717, 1.165) is 5.56 Å². The Labute approximate surface area is 94.6 Å². The molecular weight excluding hydrogens is 206 g/mol. The van der Waals surface area contributed by atoms with E-state index in [9.17, 15) is 9.90 Å². The van der Waals surface area contributed by atoms with Gasteiger partial charge in [0.05, 0.1) is 0 Å². The number of aliphatic hydroxyl groups is 1. The minimum Gasteiger partial charge on any atom is -0.445 e. The molecule has 1 amide bonds. The van der Waals surface area contributed by atoms with Crippen LogP contribution in [-0.2, 0) is 11.3 Å². The molecule has 4 nitrogen and oxygen atoms in total. The molecule has 2 N–H and O–H groups in total. The predicted octanol–water partition coefficient (Wildman–Crippen LogP) is 1.81. The number of carbonyl (C=O) groups is 1. The number of amides is 1. The Bertz CT molecular complexity index is 362. The molecule has 1 aromatic carbocycles. The molecule has 1 rings (SSSR count). The molecule has 0 heterocycles. The summed E-state index contributed by atoms with van der Waals surface area (Å²) in [5, 5.41) is 11.5. The maximum absolute atomic E-state index is 11.2. The van der Waals surface area contributed by atoms with Crippen LogP contribution in [0.2, 0.25) is 0 Å². The number of rotatable bonds is 4. The average Bonchev–Trinajstić information content (AvgIpc) is 2.27. The first kappa shape index (κ1) is 12.3. The van der Waals surface area contributed by atoms with E-state index in [2.05, 4.69) is 11.9 Å². The summed E-state index contributed by atoms with van der Waals surface area (Å²) in [7, 11) is 0. The average molecular weight is 221 g/mol. The van der Waals surface area contributed by atoms with E-state index in [4.69, 9.17) is 4.74 Å². The topological polar surface area (TPSA) is 58.6 Å². The van der Waals surface area contributed by atoms with Crippen molar-refractivity contribution in [3.8, 4) is 0 Å². The highest BCUT2D eigenvalue weighted by molar-refractivity contribution is 5.67. The zero-order valence-corrected chi connectivity index (χ0v) is 9.14. The lowest BCUT2D eigenvalue weighted by atomic mass is 10.2. The quantitative estimate of drug-likeness (QED) is 0.602. The summed E-state index contributed by atoms with van der Waals surface area (Å²) in [6.07, 6.45) is -1.73. The van der Waals surface area contributed by atoms with Gasteiger partial charge in [-0.3, -0.25) is 5.32 Å².